The molecule has 0 spiro atoms. The molecule has 1 aromatic carbocycles. The van der Waals surface area contributed by atoms with E-state index >= 15 is 0 Å². The van der Waals surface area contributed by atoms with Crippen LogP contribution in [0, 0.1) is 13.8 Å². The number of carbonyl (C=O) groups is 1. The number of nitrogens with zero attached hydrogens (tertiary/aromatic N) is 2. The van der Waals surface area contributed by atoms with Gasteiger partial charge >= 0.3 is 6.61 Å². The summed E-state index contributed by atoms with van der Waals surface area (Å²) in [5.74, 6) is 0.0283. The van der Waals surface area contributed by atoms with Gasteiger partial charge < -0.3 is 14.6 Å². The Balaban J connectivity index is 2.23. The zero-order valence-corrected chi connectivity index (χ0v) is 13.2. The van der Waals surface area contributed by atoms with E-state index in [4.69, 9.17) is 0 Å². The summed E-state index contributed by atoms with van der Waals surface area (Å²) in [4.78, 5) is 16.3. The highest BCUT2D eigenvalue weighted by molar-refractivity contribution is 5.95. The molecule has 8 heteroatoms. The minimum Gasteiger partial charge on any atom is -0.434 e. The first-order valence-electron chi connectivity index (χ1n) is 6.86. The van der Waals surface area contributed by atoms with E-state index in [1.165, 1.54) is 18.5 Å². The lowest BCUT2D eigenvalue weighted by Gasteiger charge is -2.23. The smallest absolute Gasteiger partial charge is 0.387 e. The lowest BCUT2D eigenvalue weighted by atomic mass is 10.0. The molecule has 0 atom stereocenters. The average Bonchev–Trinajstić information content (AvgIpc) is 2.96. The van der Waals surface area contributed by atoms with Crippen molar-refractivity contribution in [2.24, 2.45) is 0 Å². The second-order valence-corrected chi connectivity index (χ2v) is 5.65. The fourth-order valence-electron chi connectivity index (χ4n) is 2.21. The Bertz CT molecular complexity index is 677. The molecule has 124 valence electrons. The Morgan fingerprint density at radius 2 is 1.91 bits per heavy atom. The zero-order valence-electron chi connectivity index (χ0n) is 13.2. The third-order valence-electron chi connectivity index (χ3n) is 3.28. The number of halogens is 2. The molecule has 1 aromatic heterocycles. The van der Waals surface area contributed by atoms with Gasteiger partial charge in [-0.1, -0.05) is 5.16 Å². The molecule has 2 aromatic rings. The molecule has 23 heavy (non-hydrogen) atoms. The first-order valence-corrected chi connectivity index (χ1v) is 6.86. The highest BCUT2D eigenvalue weighted by atomic mass is 19.3. The summed E-state index contributed by atoms with van der Waals surface area (Å²) in [6.07, 6.45) is 1.17. The first kappa shape index (κ1) is 16.9. The number of nitrogens with one attached hydrogen (secondary N) is 1. The van der Waals surface area contributed by atoms with Crippen molar-refractivity contribution in [3.63, 3.8) is 0 Å². The van der Waals surface area contributed by atoms with E-state index in [-0.39, 0.29) is 11.7 Å². The predicted molar refractivity (Wildman–Crippen MR) is 77.3 cm³/mol. The van der Waals surface area contributed by atoms with Crippen LogP contribution in [0.2, 0.25) is 0 Å². The fraction of sp³-hybridized carbons (Fsp3) is 0.400. The van der Waals surface area contributed by atoms with Crippen LogP contribution in [0.15, 0.2) is 23.0 Å². The Morgan fingerprint density at radius 1 is 1.30 bits per heavy atom. The van der Waals surface area contributed by atoms with Crippen molar-refractivity contribution < 1.29 is 22.8 Å². The number of benzene rings is 1. The number of rotatable bonds is 5. The molecule has 0 unspecified atom stereocenters. The molecule has 0 fully saturated rings. The van der Waals surface area contributed by atoms with Gasteiger partial charge in [-0.3, -0.25) is 4.79 Å². The van der Waals surface area contributed by atoms with Crippen LogP contribution in [-0.4, -0.2) is 22.7 Å². The van der Waals surface area contributed by atoms with Crippen LogP contribution < -0.4 is 10.1 Å². The molecule has 6 nitrogen and oxygen atoms in total. The van der Waals surface area contributed by atoms with Crippen molar-refractivity contribution in [2.45, 2.75) is 39.8 Å². The van der Waals surface area contributed by atoms with Gasteiger partial charge in [0.1, 0.15) is 5.75 Å². The van der Waals surface area contributed by atoms with E-state index in [0.717, 1.165) is 0 Å². The zero-order chi connectivity index (χ0) is 17.2. The molecular formula is C15H17F2N3O3. The lowest BCUT2D eigenvalue weighted by molar-refractivity contribution is -0.0507. The molecule has 0 saturated heterocycles. The van der Waals surface area contributed by atoms with Gasteiger partial charge in [-0.25, -0.2) is 0 Å². The molecule has 0 saturated carbocycles. The molecule has 0 aliphatic heterocycles. The minimum absolute atomic E-state index is 0.0778. The molecule has 1 amide bonds. The number of hydrogen-bond donors (Lipinski definition) is 1. The second kappa shape index (κ2) is 6.31. The molecule has 0 radical (unpaired) electrons. The monoisotopic (exact) mass is 325 g/mol. The summed E-state index contributed by atoms with van der Waals surface area (Å²) < 4.78 is 33.9. The molecule has 2 rings (SSSR count). The normalized spacial score (nSPS) is 11.6. The Morgan fingerprint density at radius 3 is 2.39 bits per heavy atom. The standard InChI is InChI=1S/C15H17F2N3O3/c1-8-5-10(6-9(2)11(8)23-14(16)17)12(21)19-15(3,4)13-18-7-22-20-13/h5-7,14H,1-4H3,(H,19,21). The van der Waals surface area contributed by atoms with Crippen LogP contribution in [0.1, 0.15) is 41.2 Å². The number of alkyl halides is 2. The van der Waals surface area contributed by atoms with E-state index in [0.29, 0.717) is 22.5 Å². The number of amides is 1. The predicted octanol–water partition coefficient (Wildman–Crippen LogP) is 2.95. The summed E-state index contributed by atoms with van der Waals surface area (Å²) >= 11 is 0. The Hall–Kier alpha value is -2.51. The van der Waals surface area contributed by atoms with Gasteiger partial charge in [0.2, 0.25) is 6.39 Å². The van der Waals surface area contributed by atoms with E-state index in [1.807, 2.05) is 0 Å². The minimum atomic E-state index is -2.91. The number of carbonyl (C=O) groups excluding carboxylic acids is 1. The van der Waals surface area contributed by atoms with Crippen LogP contribution >= 0.6 is 0 Å². The van der Waals surface area contributed by atoms with E-state index in [9.17, 15) is 13.6 Å². The summed E-state index contributed by atoms with van der Waals surface area (Å²) in [6.45, 7) is 3.75. The quantitative estimate of drug-likeness (QED) is 0.914. The third-order valence-corrected chi connectivity index (χ3v) is 3.28. The molecule has 1 heterocycles. The average molecular weight is 325 g/mol. The number of ether oxygens (including phenoxy) is 1. The maximum atomic E-state index is 12.4. The Labute approximate surface area is 131 Å². The van der Waals surface area contributed by atoms with E-state index in [2.05, 4.69) is 24.7 Å². The van der Waals surface area contributed by atoms with Crippen molar-refractivity contribution in [2.75, 3.05) is 0 Å². The van der Waals surface area contributed by atoms with E-state index < -0.39 is 12.2 Å². The van der Waals surface area contributed by atoms with Crippen molar-refractivity contribution >= 4 is 5.91 Å². The number of aromatic nitrogens is 2. The van der Waals surface area contributed by atoms with Crippen LogP contribution in [0.4, 0.5) is 8.78 Å². The fourth-order valence-corrected chi connectivity index (χ4v) is 2.21. The van der Waals surface area contributed by atoms with E-state index in [1.54, 1.807) is 27.7 Å². The van der Waals surface area contributed by atoms with Crippen LogP contribution in [0.5, 0.6) is 5.75 Å². The van der Waals surface area contributed by atoms with Gasteiger partial charge in [0.25, 0.3) is 5.91 Å². The highest BCUT2D eigenvalue weighted by Gasteiger charge is 2.28. The van der Waals surface area contributed by atoms with Gasteiger partial charge in [0, 0.05) is 5.56 Å². The van der Waals surface area contributed by atoms with Gasteiger partial charge in [0.05, 0.1) is 5.54 Å². The molecule has 1 N–H and O–H groups in total. The maximum absolute atomic E-state index is 12.4. The van der Waals surface area contributed by atoms with Gasteiger partial charge in [-0.2, -0.15) is 13.8 Å². The summed E-state index contributed by atoms with van der Waals surface area (Å²) in [7, 11) is 0. The number of aryl methyl sites for hydroxylation is 2. The van der Waals surface area contributed by atoms with Crippen molar-refractivity contribution in [1.82, 2.24) is 15.5 Å². The van der Waals surface area contributed by atoms with Crippen molar-refractivity contribution in [3.05, 3.63) is 41.0 Å². The SMILES string of the molecule is Cc1cc(C(=O)NC(C)(C)c2ncon2)cc(C)c1OC(F)F. The molecular weight excluding hydrogens is 308 g/mol. The summed E-state index contributed by atoms with van der Waals surface area (Å²) in [6, 6.07) is 2.98. The lowest BCUT2D eigenvalue weighted by Crippen LogP contribution is -2.41. The highest BCUT2D eigenvalue weighted by Crippen LogP contribution is 2.27. The molecule has 0 aliphatic rings. The Kier molecular flexibility index (Phi) is 4.63. The van der Waals surface area contributed by atoms with Crippen molar-refractivity contribution in [3.8, 4) is 5.75 Å². The van der Waals surface area contributed by atoms with Crippen molar-refractivity contribution in [1.29, 1.82) is 0 Å². The maximum Gasteiger partial charge on any atom is 0.387 e. The largest absolute Gasteiger partial charge is 0.434 e. The van der Waals surface area contributed by atoms with Gasteiger partial charge in [0.15, 0.2) is 5.82 Å². The second-order valence-electron chi connectivity index (χ2n) is 5.65. The molecule has 0 aliphatic carbocycles. The summed E-state index contributed by atoms with van der Waals surface area (Å²) in [5.41, 5.74) is 0.392. The van der Waals surface area contributed by atoms with Crippen LogP contribution in [-0.2, 0) is 5.54 Å². The van der Waals surface area contributed by atoms with Gasteiger partial charge in [-0.15, -0.1) is 0 Å². The first-order chi connectivity index (χ1) is 10.7. The summed E-state index contributed by atoms with van der Waals surface area (Å²) in [5, 5.41) is 6.49. The topological polar surface area (TPSA) is 77.3 Å². The third kappa shape index (κ3) is 3.82. The van der Waals surface area contributed by atoms with Crippen LogP contribution in [0.25, 0.3) is 0 Å². The molecule has 0 bridgehead atoms. The van der Waals surface area contributed by atoms with Crippen LogP contribution in [0.3, 0.4) is 0 Å². The number of hydrogen-bond acceptors (Lipinski definition) is 5. The van der Waals surface area contributed by atoms with Gasteiger partial charge in [-0.05, 0) is 51.0 Å².